The van der Waals surface area contributed by atoms with Gasteiger partial charge in [-0.2, -0.15) is 0 Å². The number of thiophene rings is 1. The summed E-state index contributed by atoms with van der Waals surface area (Å²) < 4.78 is 13.2. The van der Waals surface area contributed by atoms with Gasteiger partial charge in [0.1, 0.15) is 0 Å². The smallest absolute Gasteiger partial charge is 0.181 e. The summed E-state index contributed by atoms with van der Waals surface area (Å²) in [6.45, 7) is 3.54. The Morgan fingerprint density at radius 1 is 1.33 bits per heavy atom. The molecule has 0 spiro atoms. The van der Waals surface area contributed by atoms with Crippen molar-refractivity contribution in [3.05, 3.63) is 33.7 Å². The van der Waals surface area contributed by atoms with Crippen molar-refractivity contribution >= 4 is 22.9 Å². The summed E-state index contributed by atoms with van der Waals surface area (Å²) in [5.41, 5.74) is 1.35. The van der Waals surface area contributed by atoms with Gasteiger partial charge in [0.25, 0.3) is 0 Å². The molecule has 2 aromatic rings. The molecule has 0 aliphatic carbocycles. The third-order valence-electron chi connectivity index (χ3n) is 2.04. The second kappa shape index (κ2) is 3.87. The van der Waals surface area contributed by atoms with Crippen LogP contribution in [0.25, 0.3) is 10.7 Å². The Morgan fingerprint density at radius 3 is 2.60 bits per heavy atom. The topological polar surface area (TPSA) is 25.8 Å². The lowest BCUT2D eigenvalue weighted by molar-refractivity contribution is 0.603. The van der Waals surface area contributed by atoms with Crippen LogP contribution in [-0.4, -0.2) is 9.97 Å². The van der Waals surface area contributed by atoms with Gasteiger partial charge in [-0.05, 0) is 30.9 Å². The molecule has 0 aliphatic heterocycles. The van der Waals surface area contributed by atoms with E-state index in [4.69, 9.17) is 11.6 Å². The predicted molar refractivity (Wildman–Crippen MR) is 59.8 cm³/mol. The lowest BCUT2D eigenvalue weighted by Gasteiger charge is -2.02. The fraction of sp³-hybridized carbons (Fsp3) is 0.200. The Morgan fingerprint density at radius 2 is 2.07 bits per heavy atom. The molecule has 2 rings (SSSR count). The van der Waals surface area contributed by atoms with Gasteiger partial charge in [0.15, 0.2) is 16.8 Å². The Kier molecular flexibility index (Phi) is 2.71. The number of rotatable bonds is 1. The number of hydrogen-bond acceptors (Lipinski definition) is 3. The van der Waals surface area contributed by atoms with E-state index in [1.807, 2.05) is 18.4 Å². The Hall–Kier alpha value is -1.00. The molecular formula is C10H8ClFN2S. The van der Waals surface area contributed by atoms with Crippen molar-refractivity contribution in [2.45, 2.75) is 13.8 Å². The SMILES string of the molecule is Cc1ccsc1-c1nc(C)c(F)c(Cl)n1. The van der Waals surface area contributed by atoms with Crippen molar-refractivity contribution in [3.63, 3.8) is 0 Å². The Bertz CT molecular complexity index is 487. The number of nitrogens with zero attached hydrogens (tertiary/aromatic N) is 2. The summed E-state index contributed by atoms with van der Waals surface area (Å²) in [4.78, 5) is 8.93. The van der Waals surface area contributed by atoms with Gasteiger partial charge in [0, 0.05) is 0 Å². The largest absolute Gasteiger partial charge is 0.229 e. The van der Waals surface area contributed by atoms with Crippen LogP contribution in [0.1, 0.15) is 11.3 Å². The molecule has 2 aromatic heterocycles. The van der Waals surface area contributed by atoms with Gasteiger partial charge in [-0.15, -0.1) is 11.3 Å². The summed E-state index contributed by atoms with van der Waals surface area (Å²) in [6.07, 6.45) is 0. The second-order valence-corrected chi connectivity index (χ2v) is 4.44. The molecule has 0 aromatic carbocycles. The Balaban J connectivity index is 2.60. The van der Waals surface area contributed by atoms with Crippen molar-refractivity contribution in [2.75, 3.05) is 0 Å². The van der Waals surface area contributed by atoms with Crippen molar-refractivity contribution in [3.8, 4) is 10.7 Å². The highest BCUT2D eigenvalue weighted by molar-refractivity contribution is 7.13. The van der Waals surface area contributed by atoms with E-state index in [0.717, 1.165) is 10.4 Å². The van der Waals surface area contributed by atoms with E-state index in [2.05, 4.69) is 9.97 Å². The number of halogens is 2. The van der Waals surface area contributed by atoms with Crippen LogP contribution < -0.4 is 0 Å². The zero-order valence-electron chi connectivity index (χ0n) is 8.21. The third kappa shape index (κ3) is 1.87. The van der Waals surface area contributed by atoms with Crippen molar-refractivity contribution in [1.82, 2.24) is 9.97 Å². The molecule has 0 N–H and O–H groups in total. The van der Waals surface area contributed by atoms with Gasteiger partial charge < -0.3 is 0 Å². The number of hydrogen-bond donors (Lipinski definition) is 0. The molecule has 0 radical (unpaired) electrons. The molecule has 0 unspecified atom stereocenters. The van der Waals surface area contributed by atoms with Crippen LogP contribution in [0, 0.1) is 19.7 Å². The average molecular weight is 243 g/mol. The molecule has 0 aliphatic rings. The summed E-state index contributed by atoms with van der Waals surface area (Å²) in [6, 6.07) is 1.97. The normalized spacial score (nSPS) is 10.7. The highest BCUT2D eigenvalue weighted by Gasteiger charge is 2.12. The van der Waals surface area contributed by atoms with Crippen molar-refractivity contribution < 1.29 is 4.39 Å². The maximum atomic E-state index is 13.2. The van der Waals surface area contributed by atoms with Gasteiger partial charge in [0.05, 0.1) is 10.6 Å². The van der Waals surface area contributed by atoms with E-state index >= 15 is 0 Å². The maximum absolute atomic E-state index is 13.2. The zero-order chi connectivity index (χ0) is 11.0. The number of aryl methyl sites for hydroxylation is 2. The van der Waals surface area contributed by atoms with Crippen molar-refractivity contribution in [2.24, 2.45) is 0 Å². The first-order chi connectivity index (χ1) is 7.09. The number of aromatic nitrogens is 2. The molecule has 0 atom stereocenters. The lowest BCUT2D eigenvalue weighted by atomic mass is 10.3. The molecule has 0 saturated carbocycles. The molecule has 2 nitrogen and oxygen atoms in total. The molecule has 0 bridgehead atoms. The first-order valence-electron chi connectivity index (χ1n) is 4.33. The van der Waals surface area contributed by atoms with E-state index < -0.39 is 5.82 Å². The molecule has 0 amide bonds. The standard InChI is InChI=1S/C10H8ClFN2S/c1-5-3-4-15-8(5)10-13-6(2)7(12)9(11)14-10/h3-4H,1-2H3. The quantitative estimate of drug-likeness (QED) is 0.714. The van der Waals surface area contributed by atoms with E-state index in [1.165, 1.54) is 11.3 Å². The van der Waals surface area contributed by atoms with Crippen LogP contribution in [-0.2, 0) is 0 Å². The molecule has 2 heterocycles. The highest BCUT2D eigenvalue weighted by Crippen LogP contribution is 2.28. The molecule has 0 saturated heterocycles. The van der Waals surface area contributed by atoms with Crippen LogP contribution in [0.5, 0.6) is 0 Å². The zero-order valence-corrected chi connectivity index (χ0v) is 9.79. The van der Waals surface area contributed by atoms with Gasteiger partial charge in [0.2, 0.25) is 0 Å². The van der Waals surface area contributed by atoms with Gasteiger partial charge in [-0.1, -0.05) is 11.6 Å². The molecule has 0 fully saturated rings. The molecule has 5 heteroatoms. The molecular weight excluding hydrogens is 235 g/mol. The van der Waals surface area contributed by atoms with Crippen molar-refractivity contribution in [1.29, 1.82) is 0 Å². The molecule has 15 heavy (non-hydrogen) atoms. The lowest BCUT2D eigenvalue weighted by Crippen LogP contribution is -1.96. The van der Waals surface area contributed by atoms with E-state index in [1.54, 1.807) is 6.92 Å². The first kappa shape index (κ1) is 10.5. The monoisotopic (exact) mass is 242 g/mol. The minimum atomic E-state index is -0.547. The highest BCUT2D eigenvalue weighted by atomic mass is 35.5. The summed E-state index contributed by atoms with van der Waals surface area (Å²) >= 11 is 7.19. The minimum Gasteiger partial charge on any atom is -0.229 e. The van der Waals surface area contributed by atoms with Gasteiger partial charge in [-0.3, -0.25) is 0 Å². The summed E-state index contributed by atoms with van der Waals surface area (Å²) in [5, 5.41) is 1.82. The van der Waals surface area contributed by atoms with Crippen LogP contribution in [0.15, 0.2) is 11.4 Å². The fourth-order valence-corrected chi connectivity index (χ4v) is 2.30. The summed E-state index contributed by atoms with van der Waals surface area (Å²) in [7, 11) is 0. The van der Waals surface area contributed by atoms with E-state index in [0.29, 0.717) is 5.82 Å². The van der Waals surface area contributed by atoms with Crippen LogP contribution in [0.3, 0.4) is 0 Å². The van der Waals surface area contributed by atoms with E-state index in [-0.39, 0.29) is 10.8 Å². The fourth-order valence-electron chi connectivity index (χ4n) is 1.23. The van der Waals surface area contributed by atoms with E-state index in [9.17, 15) is 4.39 Å². The maximum Gasteiger partial charge on any atom is 0.181 e. The third-order valence-corrected chi connectivity index (χ3v) is 3.30. The average Bonchev–Trinajstić information content (AvgIpc) is 2.60. The molecule has 78 valence electrons. The first-order valence-corrected chi connectivity index (χ1v) is 5.59. The second-order valence-electron chi connectivity index (χ2n) is 3.17. The summed E-state index contributed by atoms with van der Waals surface area (Å²) in [5.74, 6) is -0.0546. The van der Waals surface area contributed by atoms with Crippen LogP contribution >= 0.6 is 22.9 Å². The van der Waals surface area contributed by atoms with Crippen LogP contribution in [0.4, 0.5) is 4.39 Å². The Labute approximate surface area is 95.8 Å². The van der Waals surface area contributed by atoms with Gasteiger partial charge in [-0.25, -0.2) is 14.4 Å². The van der Waals surface area contributed by atoms with Crippen LogP contribution in [0.2, 0.25) is 5.15 Å². The van der Waals surface area contributed by atoms with Gasteiger partial charge >= 0.3 is 0 Å². The minimum absolute atomic E-state index is 0.120. The predicted octanol–water partition coefficient (Wildman–Crippen LogP) is 3.61.